The molecule has 0 radical (unpaired) electrons. The molecule has 0 aromatic heterocycles. The van der Waals surface area contributed by atoms with Crippen molar-refractivity contribution >= 4 is 16.9 Å². The van der Waals surface area contributed by atoms with Crippen molar-refractivity contribution in [3.8, 4) is 0 Å². The van der Waals surface area contributed by atoms with Crippen LogP contribution in [0, 0.1) is 0 Å². The lowest BCUT2D eigenvalue weighted by Crippen LogP contribution is -2.17. The molecule has 8 heavy (non-hydrogen) atoms. The van der Waals surface area contributed by atoms with Gasteiger partial charge in [0.05, 0.1) is 0 Å². The normalized spacial score (nSPS) is 9.62. The topological polar surface area (TPSA) is 86.5 Å². The second-order valence-corrected chi connectivity index (χ2v) is 1.67. The predicted octanol–water partition coefficient (Wildman–Crippen LogP) is -1.99. The molecule has 0 unspecified atom stereocenters. The molecule has 0 aromatic rings. The van der Waals surface area contributed by atoms with E-state index in [1.165, 1.54) is 0 Å². The zero-order valence-corrected chi connectivity index (χ0v) is 4.76. The zero-order chi connectivity index (χ0) is 6.57. The smallest absolute Gasteiger partial charge is 0.257 e. The molecule has 0 saturated heterocycles. The monoisotopic (exact) mass is 139 g/mol. The quantitative estimate of drug-likeness (QED) is 0.443. The predicted molar refractivity (Wildman–Crippen MR) is 25.5 cm³/mol. The summed E-state index contributed by atoms with van der Waals surface area (Å²) in [5.74, 6) is -0.802. The maximum atomic E-state index is 9.73. The fourth-order valence-electron chi connectivity index (χ4n) is 0.116. The third kappa shape index (κ3) is 5.38. The molecule has 0 fully saturated rings. The third-order valence-corrected chi connectivity index (χ3v) is 0.652. The molecule has 1 amide bonds. The fraction of sp³-hybridized carbons (Fsp3) is 0.500. The van der Waals surface area contributed by atoms with Gasteiger partial charge in [-0.25, -0.2) is 8.42 Å². The average Bonchev–Trinajstić information content (AvgIpc) is 1.61. The third-order valence-electron chi connectivity index (χ3n) is 0.312. The molecule has 48 valence electrons. The van der Waals surface area contributed by atoms with Crippen LogP contribution in [0.2, 0.25) is 0 Å². The van der Waals surface area contributed by atoms with Crippen LogP contribution in [0.15, 0.2) is 0 Å². The van der Waals surface area contributed by atoms with Crippen LogP contribution in [0.4, 0.5) is 0 Å². The Morgan fingerprint density at radius 2 is 2.12 bits per heavy atom. The second kappa shape index (κ2) is 3.39. The lowest BCUT2D eigenvalue weighted by Gasteiger charge is -1.85. The Hall–Kier alpha value is -0.620. The van der Waals surface area contributed by atoms with Crippen LogP contribution < -0.4 is 5.73 Å². The van der Waals surface area contributed by atoms with Gasteiger partial charge < -0.3 is 5.73 Å². The van der Waals surface area contributed by atoms with Crippen LogP contribution in [-0.2, 0) is 20.0 Å². The zero-order valence-electron chi connectivity index (χ0n) is 3.86. The van der Waals surface area contributed by atoms with Gasteiger partial charge in [0.25, 0.3) is 11.0 Å². The molecule has 0 saturated carbocycles. The number of hydrogen-bond acceptors (Lipinski definition) is 4. The second-order valence-electron chi connectivity index (χ2n) is 0.963. The molecule has 0 aliphatic carbocycles. The van der Waals surface area contributed by atoms with Crippen LogP contribution >= 0.6 is 0 Å². The molecular formula is C2H5NO4S. The Bertz CT molecular complexity index is 142. The summed E-state index contributed by atoms with van der Waals surface area (Å²) in [4.78, 5) is 9.73. The number of nitrogens with two attached hydrogens (primary N) is 1. The summed E-state index contributed by atoms with van der Waals surface area (Å²) in [5.41, 5.74) is 4.51. The van der Waals surface area contributed by atoms with Gasteiger partial charge in [-0.05, 0) is 0 Å². The van der Waals surface area contributed by atoms with Crippen molar-refractivity contribution in [2.75, 3.05) is 6.61 Å². The van der Waals surface area contributed by atoms with E-state index in [2.05, 4.69) is 9.92 Å². The standard InChI is InChI=1S/C2H5NO4S/c3-2(4)1-7-8(5)6/h8H,1H2,(H2,3,4). The molecule has 0 aliphatic rings. The van der Waals surface area contributed by atoms with Gasteiger partial charge in [-0.2, -0.15) is 0 Å². The van der Waals surface area contributed by atoms with Gasteiger partial charge in [-0.1, -0.05) is 0 Å². The van der Waals surface area contributed by atoms with Gasteiger partial charge in [0.1, 0.15) is 6.61 Å². The van der Waals surface area contributed by atoms with Gasteiger partial charge in [0, 0.05) is 0 Å². The summed E-state index contributed by atoms with van der Waals surface area (Å²) >= 11 is 0. The van der Waals surface area contributed by atoms with Crippen LogP contribution in [0.25, 0.3) is 0 Å². The maximum absolute atomic E-state index is 9.73. The number of carbonyl (C=O) groups is 1. The maximum Gasteiger partial charge on any atom is 0.257 e. The molecule has 0 rings (SSSR count). The van der Waals surface area contributed by atoms with Crippen molar-refractivity contribution in [2.24, 2.45) is 5.73 Å². The summed E-state index contributed by atoms with van der Waals surface area (Å²) < 4.78 is 22.8. The minimum absolute atomic E-state index is 0.571. The average molecular weight is 139 g/mol. The Labute approximate surface area is 47.6 Å². The first-order valence-corrected chi connectivity index (χ1v) is 2.78. The van der Waals surface area contributed by atoms with E-state index in [4.69, 9.17) is 0 Å². The van der Waals surface area contributed by atoms with Crippen molar-refractivity contribution in [1.29, 1.82) is 0 Å². The Kier molecular flexibility index (Phi) is 3.13. The van der Waals surface area contributed by atoms with Crippen LogP contribution in [-0.4, -0.2) is 20.9 Å². The van der Waals surface area contributed by atoms with Crippen molar-refractivity contribution < 1.29 is 17.4 Å². The van der Waals surface area contributed by atoms with Crippen LogP contribution in [0.5, 0.6) is 0 Å². The highest BCUT2D eigenvalue weighted by molar-refractivity contribution is 7.67. The number of primary amides is 1. The molecule has 0 spiro atoms. The highest BCUT2D eigenvalue weighted by Gasteiger charge is 1.91. The van der Waals surface area contributed by atoms with Gasteiger partial charge in [-0.3, -0.25) is 8.98 Å². The van der Waals surface area contributed by atoms with E-state index in [1.807, 2.05) is 0 Å². The minimum atomic E-state index is -2.93. The molecule has 5 nitrogen and oxygen atoms in total. The minimum Gasteiger partial charge on any atom is -0.368 e. The largest absolute Gasteiger partial charge is 0.368 e. The molecule has 6 heteroatoms. The number of thiol groups is 1. The van der Waals surface area contributed by atoms with Gasteiger partial charge in [0.15, 0.2) is 0 Å². The van der Waals surface area contributed by atoms with Crippen molar-refractivity contribution in [1.82, 2.24) is 0 Å². The Morgan fingerprint density at radius 3 is 2.25 bits per heavy atom. The van der Waals surface area contributed by atoms with E-state index < -0.39 is 23.5 Å². The van der Waals surface area contributed by atoms with Gasteiger partial charge >= 0.3 is 0 Å². The van der Waals surface area contributed by atoms with E-state index >= 15 is 0 Å². The first-order valence-electron chi connectivity index (χ1n) is 1.68. The molecule has 0 aliphatic heterocycles. The highest BCUT2D eigenvalue weighted by Crippen LogP contribution is 1.68. The Balaban J connectivity index is 3.32. The molecule has 0 atom stereocenters. The fourth-order valence-corrected chi connectivity index (χ4v) is 0.349. The number of carbonyl (C=O) groups excluding carboxylic acids is 1. The van der Waals surface area contributed by atoms with Gasteiger partial charge in [-0.15, -0.1) is 0 Å². The van der Waals surface area contributed by atoms with E-state index in [0.29, 0.717) is 0 Å². The lowest BCUT2D eigenvalue weighted by molar-refractivity contribution is -0.119. The Morgan fingerprint density at radius 1 is 1.62 bits per heavy atom. The molecule has 0 aromatic carbocycles. The van der Waals surface area contributed by atoms with E-state index in [9.17, 15) is 13.2 Å². The molecule has 0 bridgehead atoms. The summed E-state index contributed by atoms with van der Waals surface area (Å²) in [6, 6.07) is 0. The van der Waals surface area contributed by atoms with E-state index in [0.717, 1.165) is 0 Å². The first-order chi connectivity index (χ1) is 3.63. The lowest BCUT2D eigenvalue weighted by atomic mass is 10.7. The van der Waals surface area contributed by atoms with E-state index in [1.54, 1.807) is 0 Å². The number of rotatable bonds is 3. The summed E-state index contributed by atoms with van der Waals surface area (Å²) in [7, 11) is -2.93. The first kappa shape index (κ1) is 7.38. The van der Waals surface area contributed by atoms with Crippen molar-refractivity contribution in [3.05, 3.63) is 0 Å². The highest BCUT2D eigenvalue weighted by atomic mass is 32.2. The summed E-state index contributed by atoms with van der Waals surface area (Å²) in [6.07, 6.45) is 0. The molecule has 0 heterocycles. The number of amides is 1. The SMILES string of the molecule is NC(=O)CO[SH](=O)=O. The van der Waals surface area contributed by atoms with Gasteiger partial charge in [0.2, 0.25) is 5.91 Å². The van der Waals surface area contributed by atoms with Crippen LogP contribution in [0.3, 0.4) is 0 Å². The van der Waals surface area contributed by atoms with Crippen LogP contribution in [0.1, 0.15) is 0 Å². The molecule has 2 N–H and O–H groups in total. The number of hydrogen-bond donors (Lipinski definition) is 2. The summed E-state index contributed by atoms with van der Waals surface area (Å²) in [6.45, 7) is -0.571. The molecular weight excluding hydrogens is 134 g/mol. The van der Waals surface area contributed by atoms with E-state index in [-0.39, 0.29) is 0 Å². The van der Waals surface area contributed by atoms with Crippen molar-refractivity contribution in [3.63, 3.8) is 0 Å². The summed E-state index contributed by atoms with van der Waals surface area (Å²) in [5, 5.41) is 0. The van der Waals surface area contributed by atoms with Crippen molar-refractivity contribution in [2.45, 2.75) is 0 Å².